The van der Waals surface area contributed by atoms with E-state index in [2.05, 4.69) is 40.8 Å². The molecule has 5 nitrogen and oxygen atoms in total. The van der Waals surface area contributed by atoms with Crippen LogP contribution >= 0.6 is 0 Å². The third kappa shape index (κ3) is 3.46. The van der Waals surface area contributed by atoms with Crippen molar-refractivity contribution in [1.29, 1.82) is 0 Å². The Morgan fingerprint density at radius 1 is 1.10 bits per heavy atom. The molecular weight excluding hydrogens is 264 g/mol. The van der Waals surface area contributed by atoms with Crippen LogP contribution in [0, 0.1) is 5.92 Å². The molecule has 2 fully saturated rings. The predicted octanol–water partition coefficient (Wildman–Crippen LogP) is 2.50. The van der Waals surface area contributed by atoms with Crippen LogP contribution in [0.25, 0.3) is 0 Å². The summed E-state index contributed by atoms with van der Waals surface area (Å²) in [4.78, 5) is 5.13. The minimum absolute atomic E-state index is 0.238. The van der Waals surface area contributed by atoms with Crippen molar-refractivity contribution in [2.24, 2.45) is 5.92 Å². The van der Waals surface area contributed by atoms with Gasteiger partial charge in [0.1, 0.15) is 0 Å². The molecule has 1 aliphatic heterocycles. The molecule has 21 heavy (non-hydrogen) atoms. The summed E-state index contributed by atoms with van der Waals surface area (Å²) < 4.78 is 5.84. The fourth-order valence-corrected chi connectivity index (χ4v) is 3.27. The molecule has 0 N–H and O–H groups in total. The lowest BCUT2D eigenvalue weighted by Gasteiger charge is -2.43. The largest absolute Gasteiger partial charge is 0.424 e. The summed E-state index contributed by atoms with van der Waals surface area (Å²) in [5.41, 5.74) is 0. The molecule has 0 unspecified atom stereocenters. The second-order valence-electron chi connectivity index (χ2n) is 6.96. The van der Waals surface area contributed by atoms with Gasteiger partial charge in [0, 0.05) is 38.6 Å². The standard InChI is InChI=1S/C16H28N4O/c1-12(2)11-15-17-18-16(21-15)13(3)19-7-9-20(10-8-19)14-5-4-6-14/h12-14H,4-11H2,1-3H3/t13-/m0/s1. The lowest BCUT2D eigenvalue weighted by molar-refractivity contribution is 0.0403. The molecule has 1 aromatic heterocycles. The Morgan fingerprint density at radius 3 is 2.38 bits per heavy atom. The molecule has 1 atom stereocenters. The van der Waals surface area contributed by atoms with Gasteiger partial charge >= 0.3 is 0 Å². The molecule has 0 spiro atoms. The molecule has 5 heteroatoms. The van der Waals surface area contributed by atoms with Gasteiger partial charge in [-0.15, -0.1) is 10.2 Å². The van der Waals surface area contributed by atoms with E-state index in [0.29, 0.717) is 5.92 Å². The van der Waals surface area contributed by atoms with Gasteiger partial charge in [-0.2, -0.15) is 0 Å². The summed E-state index contributed by atoms with van der Waals surface area (Å²) >= 11 is 0. The molecule has 3 rings (SSSR count). The first-order valence-corrected chi connectivity index (χ1v) is 8.44. The summed E-state index contributed by atoms with van der Waals surface area (Å²) in [5, 5.41) is 8.44. The van der Waals surface area contributed by atoms with Crippen molar-refractivity contribution in [1.82, 2.24) is 20.0 Å². The van der Waals surface area contributed by atoms with E-state index in [4.69, 9.17) is 4.42 Å². The van der Waals surface area contributed by atoms with Gasteiger partial charge in [-0.05, 0) is 25.7 Å². The van der Waals surface area contributed by atoms with E-state index < -0.39 is 0 Å². The lowest BCUT2D eigenvalue weighted by Crippen LogP contribution is -2.52. The van der Waals surface area contributed by atoms with E-state index in [-0.39, 0.29) is 6.04 Å². The average Bonchev–Trinajstić information content (AvgIpc) is 2.84. The van der Waals surface area contributed by atoms with Crippen LogP contribution in [0.1, 0.15) is 57.9 Å². The van der Waals surface area contributed by atoms with Crippen LogP contribution in [0.15, 0.2) is 4.42 Å². The molecule has 2 heterocycles. The van der Waals surface area contributed by atoms with Crippen molar-refractivity contribution in [3.05, 3.63) is 11.8 Å². The van der Waals surface area contributed by atoms with E-state index in [1.165, 1.54) is 32.4 Å². The van der Waals surface area contributed by atoms with Gasteiger partial charge in [0.2, 0.25) is 11.8 Å². The Kier molecular flexibility index (Phi) is 4.60. The van der Waals surface area contributed by atoms with E-state index in [0.717, 1.165) is 37.3 Å². The zero-order chi connectivity index (χ0) is 14.8. The molecule has 1 saturated heterocycles. The summed E-state index contributed by atoms with van der Waals surface area (Å²) in [6.45, 7) is 11.1. The van der Waals surface area contributed by atoms with Crippen LogP contribution in [0.2, 0.25) is 0 Å². The first-order valence-electron chi connectivity index (χ1n) is 8.44. The smallest absolute Gasteiger partial charge is 0.233 e. The Bertz CT molecular complexity index is 447. The molecule has 1 aromatic rings. The van der Waals surface area contributed by atoms with E-state index in [1.54, 1.807) is 0 Å². The van der Waals surface area contributed by atoms with Gasteiger partial charge in [-0.3, -0.25) is 9.80 Å². The van der Waals surface area contributed by atoms with Crippen LogP contribution in [-0.2, 0) is 6.42 Å². The number of rotatable bonds is 5. The van der Waals surface area contributed by atoms with E-state index in [9.17, 15) is 0 Å². The maximum absolute atomic E-state index is 5.84. The van der Waals surface area contributed by atoms with Crippen molar-refractivity contribution in [3.8, 4) is 0 Å². The molecule has 1 saturated carbocycles. The van der Waals surface area contributed by atoms with Crippen LogP contribution < -0.4 is 0 Å². The SMILES string of the molecule is CC(C)Cc1nnc([C@H](C)N2CCN(C3CCC3)CC2)o1. The molecule has 118 valence electrons. The first-order chi connectivity index (χ1) is 10.1. The highest BCUT2D eigenvalue weighted by molar-refractivity contribution is 4.92. The van der Waals surface area contributed by atoms with Crippen LogP contribution in [0.4, 0.5) is 0 Å². The van der Waals surface area contributed by atoms with Gasteiger partial charge < -0.3 is 4.42 Å². The quantitative estimate of drug-likeness (QED) is 0.834. The zero-order valence-electron chi connectivity index (χ0n) is 13.6. The molecule has 1 aliphatic carbocycles. The van der Waals surface area contributed by atoms with Crippen molar-refractivity contribution in [2.75, 3.05) is 26.2 Å². The number of aromatic nitrogens is 2. The van der Waals surface area contributed by atoms with Crippen LogP contribution in [-0.4, -0.2) is 52.2 Å². The minimum atomic E-state index is 0.238. The third-order valence-corrected chi connectivity index (χ3v) is 4.91. The van der Waals surface area contributed by atoms with Crippen LogP contribution in [0.3, 0.4) is 0 Å². The van der Waals surface area contributed by atoms with Gasteiger partial charge in [0.25, 0.3) is 0 Å². The normalized spacial score (nSPS) is 23.4. The highest BCUT2D eigenvalue weighted by Crippen LogP contribution is 2.27. The monoisotopic (exact) mass is 292 g/mol. The number of piperazine rings is 1. The Morgan fingerprint density at radius 2 is 1.81 bits per heavy atom. The van der Waals surface area contributed by atoms with Crippen molar-refractivity contribution >= 4 is 0 Å². The molecule has 0 bridgehead atoms. The second kappa shape index (κ2) is 6.44. The average molecular weight is 292 g/mol. The Balaban J connectivity index is 1.53. The number of nitrogens with zero attached hydrogens (tertiary/aromatic N) is 4. The van der Waals surface area contributed by atoms with Gasteiger partial charge in [-0.25, -0.2) is 0 Å². The summed E-state index contributed by atoms with van der Waals surface area (Å²) in [6, 6.07) is 1.10. The van der Waals surface area contributed by atoms with Gasteiger partial charge in [0.15, 0.2) is 0 Å². The predicted molar refractivity (Wildman–Crippen MR) is 82.0 cm³/mol. The van der Waals surface area contributed by atoms with Crippen molar-refractivity contribution in [3.63, 3.8) is 0 Å². The van der Waals surface area contributed by atoms with Gasteiger partial charge in [0.05, 0.1) is 6.04 Å². The van der Waals surface area contributed by atoms with E-state index in [1.807, 2.05) is 0 Å². The molecule has 0 radical (unpaired) electrons. The molecule has 2 aliphatic rings. The molecular formula is C16H28N4O. The summed E-state index contributed by atoms with van der Waals surface area (Å²) in [7, 11) is 0. The number of hydrogen-bond acceptors (Lipinski definition) is 5. The fraction of sp³-hybridized carbons (Fsp3) is 0.875. The Hall–Kier alpha value is -0.940. The highest BCUT2D eigenvalue weighted by atomic mass is 16.4. The van der Waals surface area contributed by atoms with Crippen molar-refractivity contribution < 1.29 is 4.42 Å². The summed E-state index contributed by atoms with van der Waals surface area (Å²) in [6.07, 6.45) is 5.09. The Labute approximate surface area is 127 Å². The lowest BCUT2D eigenvalue weighted by atomic mass is 9.91. The molecule has 0 aromatic carbocycles. The highest BCUT2D eigenvalue weighted by Gasteiger charge is 2.30. The van der Waals surface area contributed by atoms with E-state index >= 15 is 0 Å². The maximum atomic E-state index is 5.84. The number of hydrogen-bond donors (Lipinski definition) is 0. The third-order valence-electron chi connectivity index (χ3n) is 4.91. The zero-order valence-corrected chi connectivity index (χ0v) is 13.6. The summed E-state index contributed by atoms with van der Waals surface area (Å²) in [5.74, 6) is 2.11. The topological polar surface area (TPSA) is 45.4 Å². The fourth-order valence-electron chi connectivity index (χ4n) is 3.27. The van der Waals surface area contributed by atoms with Crippen molar-refractivity contribution in [2.45, 2.75) is 58.5 Å². The van der Waals surface area contributed by atoms with Gasteiger partial charge in [-0.1, -0.05) is 20.3 Å². The maximum Gasteiger partial charge on any atom is 0.233 e. The first kappa shape index (κ1) is 15.0. The second-order valence-corrected chi connectivity index (χ2v) is 6.96. The minimum Gasteiger partial charge on any atom is -0.424 e. The van der Waals surface area contributed by atoms with Crippen LogP contribution in [0.5, 0.6) is 0 Å². The molecule has 0 amide bonds.